The van der Waals surface area contributed by atoms with Gasteiger partial charge in [0.1, 0.15) is 11.6 Å². The monoisotopic (exact) mass is 377 g/mol. The van der Waals surface area contributed by atoms with Gasteiger partial charge in [0, 0.05) is 37.6 Å². The quantitative estimate of drug-likeness (QED) is 0.801. The Morgan fingerprint density at radius 3 is 2.81 bits per heavy atom. The predicted octanol–water partition coefficient (Wildman–Crippen LogP) is 2.43. The lowest BCUT2D eigenvalue weighted by Gasteiger charge is -2.32. The Balaban J connectivity index is 1.58. The van der Waals surface area contributed by atoms with E-state index in [1.807, 2.05) is 0 Å². The maximum atomic E-state index is 13.9. The molecule has 8 heteroatoms. The second-order valence-electron chi connectivity index (χ2n) is 6.88. The van der Waals surface area contributed by atoms with Gasteiger partial charge < -0.3 is 4.90 Å². The third-order valence-corrected chi connectivity index (χ3v) is 4.95. The number of piperidine rings is 1. The second kappa shape index (κ2) is 8.37. The molecule has 0 aromatic heterocycles. The van der Waals surface area contributed by atoms with E-state index in [2.05, 4.69) is 10.5 Å². The molecule has 0 aliphatic carbocycles. The molecule has 2 heterocycles. The summed E-state index contributed by atoms with van der Waals surface area (Å²) in [5.41, 5.74) is 2.91. The molecule has 2 amide bonds. The maximum absolute atomic E-state index is 13.9. The normalized spacial score (nSPS) is 20.1. The molecular weight excluding hydrogens is 356 g/mol. The number of carbonyl (C=O) groups excluding carboxylic acids is 3. The molecule has 2 aliphatic heterocycles. The number of hydrogen-bond donors (Lipinski definition) is 1. The Hall–Kier alpha value is -2.64. The lowest BCUT2D eigenvalue weighted by molar-refractivity contribution is -0.132. The van der Waals surface area contributed by atoms with Gasteiger partial charge in [0.15, 0.2) is 5.78 Å². The number of halogens is 2. The van der Waals surface area contributed by atoms with Crippen molar-refractivity contribution in [1.82, 2.24) is 10.3 Å². The number of carbonyl (C=O) groups is 3. The average molecular weight is 377 g/mol. The van der Waals surface area contributed by atoms with Crippen LogP contribution in [0.5, 0.6) is 0 Å². The number of likely N-dealkylation sites (tertiary alicyclic amines) is 1. The number of Topliss-reactive ketones (excluding diaryl/α,β-unsaturated/α-hetero) is 1. The smallest absolute Gasteiger partial charge is 0.240 e. The molecule has 2 aliphatic rings. The Labute approximate surface area is 155 Å². The second-order valence-corrected chi connectivity index (χ2v) is 6.88. The molecule has 0 spiro atoms. The summed E-state index contributed by atoms with van der Waals surface area (Å²) < 4.78 is 27.2. The number of nitrogens with zero attached hydrogens (tertiary/aromatic N) is 2. The van der Waals surface area contributed by atoms with E-state index in [-0.39, 0.29) is 30.3 Å². The van der Waals surface area contributed by atoms with Gasteiger partial charge in [0.25, 0.3) is 0 Å². The largest absolute Gasteiger partial charge is 0.342 e. The molecule has 1 atom stereocenters. The van der Waals surface area contributed by atoms with Gasteiger partial charge in [-0.15, -0.1) is 0 Å². The summed E-state index contributed by atoms with van der Waals surface area (Å²) in [7, 11) is 0. The number of rotatable bonds is 5. The lowest BCUT2D eigenvalue weighted by Crippen LogP contribution is -2.42. The first kappa shape index (κ1) is 19.1. The zero-order valence-electron chi connectivity index (χ0n) is 14.8. The Kier molecular flexibility index (Phi) is 5.93. The van der Waals surface area contributed by atoms with Crippen molar-refractivity contribution in [2.45, 2.75) is 38.5 Å². The topological polar surface area (TPSA) is 78.8 Å². The van der Waals surface area contributed by atoms with Crippen molar-refractivity contribution < 1.29 is 23.2 Å². The van der Waals surface area contributed by atoms with Crippen LogP contribution in [0.3, 0.4) is 0 Å². The van der Waals surface area contributed by atoms with Crippen LogP contribution < -0.4 is 5.43 Å². The number of hydrazone groups is 1. The van der Waals surface area contributed by atoms with Gasteiger partial charge >= 0.3 is 0 Å². The Morgan fingerprint density at radius 2 is 2.07 bits per heavy atom. The van der Waals surface area contributed by atoms with Gasteiger partial charge in [0.2, 0.25) is 11.8 Å². The highest BCUT2D eigenvalue weighted by atomic mass is 19.1. The van der Waals surface area contributed by atoms with Gasteiger partial charge in [-0.25, -0.2) is 14.2 Å². The van der Waals surface area contributed by atoms with E-state index < -0.39 is 23.3 Å². The molecule has 0 radical (unpaired) electrons. The van der Waals surface area contributed by atoms with Crippen LogP contribution in [0.2, 0.25) is 0 Å². The highest BCUT2D eigenvalue weighted by molar-refractivity contribution is 5.99. The van der Waals surface area contributed by atoms with E-state index in [4.69, 9.17) is 0 Å². The van der Waals surface area contributed by atoms with Crippen LogP contribution in [0.15, 0.2) is 23.3 Å². The van der Waals surface area contributed by atoms with E-state index in [9.17, 15) is 23.2 Å². The SMILES string of the molecule is O=C1CCC(CCC(=O)N2CCC[C@@H](C(=O)c3cc(F)ccc3F)C2)=NN1. The van der Waals surface area contributed by atoms with Crippen molar-refractivity contribution in [1.29, 1.82) is 0 Å². The van der Waals surface area contributed by atoms with Gasteiger partial charge in [-0.05, 0) is 43.9 Å². The van der Waals surface area contributed by atoms with E-state index in [1.165, 1.54) is 0 Å². The van der Waals surface area contributed by atoms with Crippen LogP contribution >= 0.6 is 0 Å². The van der Waals surface area contributed by atoms with Crippen molar-refractivity contribution in [3.05, 3.63) is 35.4 Å². The van der Waals surface area contributed by atoms with E-state index >= 15 is 0 Å². The van der Waals surface area contributed by atoms with Crippen molar-refractivity contribution in [3.8, 4) is 0 Å². The molecule has 0 unspecified atom stereocenters. The summed E-state index contributed by atoms with van der Waals surface area (Å²) in [5.74, 6) is -2.65. The fourth-order valence-corrected chi connectivity index (χ4v) is 3.43. The van der Waals surface area contributed by atoms with Crippen molar-refractivity contribution in [3.63, 3.8) is 0 Å². The predicted molar refractivity (Wildman–Crippen MR) is 94.0 cm³/mol. The van der Waals surface area contributed by atoms with Gasteiger partial charge in [-0.2, -0.15) is 5.10 Å². The number of amides is 2. The molecule has 6 nitrogen and oxygen atoms in total. The molecule has 1 aromatic rings. The molecule has 1 saturated heterocycles. The van der Waals surface area contributed by atoms with Crippen LogP contribution in [-0.2, 0) is 9.59 Å². The minimum atomic E-state index is -0.748. The summed E-state index contributed by atoms with van der Waals surface area (Å²) in [6, 6.07) is 2.82. The van der Waals surface area contributed by atoms with Crippen LogP contribution in [0, 0.1) is 17.6 Å². The summed E-state index contributed by atoms with van der Waals surface area (Å²) in [6.07, 6.45) is 2.77. The van der Waals surface area contributed by atoms with Crippen LogP contribution in [-0.4, -0.2) is 41.3 Å². The molecule has 3 rings (SSSR count). The Bertz CT molecular complexity index is 794. The summed E-state index contributed by atoms with van der Waals surface area (Å²) in [4.78, 5) is 37.7. The first-order valence-corrected chi connectivity index (χ1v) is 9.05. The molecule has 0 saturated carbocycles. The first-order chi connectivity index (χ1) is 12.9. The molecule has 1 fully saturated rings. The highest BCUT2D eigenvalue weighted by Gasteiger charge is 2.30. The number of hydrogen-bond acceptors (Lipinski definition) is 4. The van der Waals surface area contributed by atoms with E-state index in [0.29, 0.717) is 38.6 Å². The van der Waals surface area contributed by atoms with Gasteiger partial charge in [-0.3, -0.25) is 14.4 Å². The van der Waals surface area contributed by atoms with Crippen LogP contribution in [0.25, 0.3) is 0 Å². The first-order valence-electron chi connectivity index (χ1n) is 9.05. The maximum Gasteiger partial charge on any atom is 0.240 e. The van der Waals surface area contributed by atoms with Crippen molar-refractivity contribution in [2.24, 2.45) is 11.0 Å². The van der Waals surface area contributed by atoms with Crippen molar-refractivity contribution in [2.75, 3.05) is 13.1 Å². The lowest BCUT2D eigenvalue weighted by atomic mass is 9.89. The molecule has 1 aromatic carbocycles. The fraction of sp³-hybridized carbons (Fsp3) is 0.474. The number of benzene rings is 1. The molecule has 27 heavy (non-hydrogen) atoms. The fourth-order valence-electron chi connectivity index (χ4n) is 3.43. The van der Waals surface area contributed by atoms with E-state index in [1.54, 1.807) is 4.90 Å². The van der Waals surface area contributed by atoms with Gasteiger partial charge in [0.05, 0.1) is 5.56 Å². The zero-order chi connectivity index (χ0) is 19.4. The summed E-state index contributed by atoms with van der Waals surface area (Å²) in [6.45, 7) is 0.744. The molecule has 1 N–H and O–H groups in total. The van der Waals surface area contributed by atoms with Crippen LogP contribution in [0.4, 0.5) is 8.78 Å². The average Bonchev–Trinajstić information content (AvgIpc) is 2.68. The van der Waals surface area contributed by atoms with Crippen LogP contribution in [0.1, 0.15) is 48.9 Å². The summed E-state index contributed by atoms with van der Waals surface area (Å²) >= 11 is 0. The zero-order valence-corrected chi connectivity index (χ0v) is 14.8. The number of nitrogens with one attached hydrogen (secondary N) is 1. The Morgan fingerprint density at radius 1 is 1.26 bits per heavy atom. The minimum Gasteiger partial charge on any atom is -0.342 e. The highest BCUT2D eigenvalue weighted by Crippen LogP contribution is 2.23. The molecule has 144 valence electrons. The molecular formula is C19H21F2N3O3. The third kappa shape index (κ3) is 4.75. The minimum absolute atomic E-state index is 0.105. The molecule has 0 bridgehead atoms. The summed E-state index contributed by atoms with van der Waals surface area (Å²) in [5, 5.41) is 3.94. The number of ketones is 1. The standard InChI is InChI=1S/C19H21F2N3O3/c20-13-3-6-16(21)15(10-13)19(27)12-2-1-9-24(11-12)18(26)8-5-14-4-7-17(25)23-22-14/h3,6,10,12H,1-2,4-5,7-9,11H2,(H,23,25)/t12-/m1/s1. The van der Waals surface area contributed by atoms with E-state index in [0.717, 1.165) is 23.9 Å². The van der Waals surface area contributed by atoms with Gasteiger partial charge in [-0.1, -0.05) is 0 Å². The third-order valence-electron chi connectivity index (χ3n) is 4.95. The van der Waals surface area contributed by atoms with Crippen molar-refractivity contribution >= 4 is 23.3 Å².